The van der Waals surface area contributed by atoms with Crippen molar-refractivity contribution in [2.24, 2.45) is 0 Å². The predicted molar refractivity (Wildman–Crippen MR) is 103 cm³/mol. The van der Waals surface area contributed by atoms with Crippen molar-refractivity contribution >= 4 is 49.3 Å². The lowest BCUT2D eigenvalue weighted by Gasteiger charge is -2.19. The van der Waals surface area contributed by atoms with Crippen LogP contribution in [-0.2, 0) is 20.6 Å². The van der Waals surface area contributed by atoms with Gasteiger partial charge in [0.05, 0.1) is 0 Å². The van der Waals surface area contributed by atoms with E-state index in [4.69, 9.17) is 20.6 Å². The third-order valence-electron chi connectivity index (χ3n) is 3.80. The molecule has 1 aliphatic rings. The SMILES string of the molecule is CCCCCCCCCCCC[SiH]1O[SiH2]O[SiH2]O[SiH2]O[SiH2]O1. The van der Waals surface area contributed by atoms with Crippen molar-refractivity contribution in [1.29, 1.82) is 0 Å². The zero-order valence-electron chi connectivity index (χ0n) is 14.2. The van der Waals surface area contributed by atoms with Crippen LogP contribution in [0.25, 0.3) is 0 Å². The van der Waals surface area contributed by atoms with Gasteiger partial charge in [-0.15, -0.1) is 0 Å². The van der Waals surface area contributed by atoms with Crippen molar-refractivity contribution in [1.82, 2.24) is 0 Å². The Morgan fingerprint density at radius 1 is 0.591 bits per heavy atom. The summed E-state index contributed by atoms with van der Waals surface area (Å²) in [5.74, 6) is 0. The molecule has 0 unspecified atom stereocenters. The Hall–Kier alpha value is 0.884. The Kier molecular flexibility index (Phi) is 15.9. The number of hydrogen-bond donors (Lipinski definition) is 0. The molecule has 1 saturated heterocycles. The second kappa shape index (κ2) is 16.7. The third-order valence-corrected chi connectivity index (χ3v) is 12.7. The third kappa shape index (κ3) is 13.3. The summed E-state index contributed by atoms with van der Waals surface area (Å²) in [7, 11) is -4.70. The summed E-state index contributed by atoms with van der Waals surface area (Å²) < 4.78 is 28.1. The minimum Gasteiger partial charge on any atom is -0.425 e. The molecule has 0 aromatic rings. The first kappa shape index (κ1) is 20.9. The van der Waals surface area contributed by atoms with Crippen molar-refractivity contribution in [2.75, 3.05) is 0 Å². The molecule has 0 aliphatic carbocycles. The van der Waals surface area contributed by atoms with E-state index in [9.17, 15) is 0 Å². The molecule has 1 aliphatic heterocycles. The van der Waals surface area contributed by atoms with Gasteiger partial charge in [-0.25, -0.2) is 0 Å². The summed E-state index contributed by atoms with van der Waals surface area (Å²) in [5.41, 5.74) is 0. The molecule has 0 bridgehead atoms. The highest BCUT2D eigenvalue weighted by Crippen LogP contribution is 2.12. The maximum atomic E-state index is 5.86. The quantitative estimate of drug-likeness (QED) is 0.368. The highest BCUT2D eigenvalue weighted by atomic mass is 28.4. The zero-order valence-corrected chi connectivity index (χ0v) is 21.0. The second-order valence-corrected chi connectivity index (χ2v) is 15.8. The van der Waals surface area contributed by atoms with E-state index >= 15 is 0 Å². The molecule has 0 radical (unpaired) electrons. The first-order valence-corrected chi connectivity index (χ1v) is 15.3. The minimum absolute atomic E-state index is 0.788. The van der Waals surface area contributed by atoms with E-state index in [0.717, 1.165) is 6.04 Å². The van der Waals surface area contributed by atoms with Crippen LogP contribution in [0.4, 0.5) is 0 Å². The molecule has 132 valence electrons. The average molecular weight is 399 g/mol. The summed E-state index contributed by atoms with van der Waals surface area (Å²) in [6, 6.07) is 1.13. The van der Waals surface area contributed by atoms with Crippen LogP contribution in [0, 0.1) is 0 Å². The van der Waals surface area contributed by atoms with Gasteiger partial charge in [-0.1, -0.05) is 71.1 Å². The van der Waals surface area contributed by atoms with Gasteiger partial charge in [0.25, 0.3) is 40.0 Å². The van der Waals surface area contributed by atoms with Crippen LogP contribution in [-0.4, -0.2) is 49.3 Å². The first-order valence-electron chi connectivity index (χ1n) is 8.90. The van der Waals surface area contributed by atoms with Crippen LogP contribution >= 0.6 is 0 Å². The molecule has 0 saturated carbocycles. The van der Waals surface area contributed by atoms with Crippen LogP contribution in [0.15, 0.2) is 0 Å². The van der Waals surface area contributed by atoms with Gasteiger partial charge >= 0.3 is 9.28 Å². The van der Waals surface area contributed by atoms with E-state index in [1.807, 2.05) is 0 Å². The van der Waals surface area contributed by atoms with Crippen LogP contribution in [0.5, 0.6) is 0 Å². The number of rotatable bonds is 11. The number of unbranched alkanes of at least 4 members (excludes halogenated alkanes) is 9. The molecule has 0 N–H and O–H groups in total. The van der Waals surface area contributed by atoms with Gasteiger partial charge in [0, 0.05) is 0 Å². The predicted octanol–water partition coefficient (Wildman–Crippen LogP) is 0.220. The van der Waals surface area contributed by atoms with E-state index in [1.165, 1.54) is 64.2 Å². The molecule has 1 fully saturated rings. The molecule has 10 heteroatoms. The van der Waals surface area contributed by atoms with Crippen LogP contribution in [0.3, 0.4) is 0 Å². The van der Waals surface area contributed by atoms with Crippen LogP contribution in [0.1, 0.15) is 71.1 Å². The molecule has 1 heterocycles. The summed E-state index contributed by atoms with van der Waals surface area (Å²) >= 11 is 0. The van der Waals surface area contributed by atoms with Gasteiger partial charge < -0.3 is 20.6 Å². The summed E-state index contributed by atoms with van der Waals surface area (Å²) in [6.07, 6.45) is 13.8. The first-order chi connectivity index (χ1) is 10.9. The Balaban J connectivity index is 1.89. The molecule has 0 aromatic carbocycles. The largest absolute Gasteiger partial charge is 0.425 e. The topological polar surface area (TPSA) is 46.2 Å². The smallest absolute Gasteiger partial charge is 0.303 e. The fraction of sp³-hybridized carbons (Fsp3) is 1.00. The maximum absolute atomic E-state index is 5.86. The summed E-state index contributed by atoms with van der Waals surface area (Å²) in [5, 5.41) is 0. The van der Waals surface area contributed by atoms with E-state index in [-0.39, 0.29) is 0 Å². The molecule has 0 amide bonds. The molecular formula is C12H34O5Si5. The molecule has 22 heavy (non-hydrogen) atoms. The molecule has 0 atom stereocenters. The zero-order chi connectivity index (χ0) is 15.7. The summed E-state index contributed by atoms with van der Waals surface area (Å²) in [6.45, 7) is 2.27. The Morgan fingerprint density at radius 3 is 1.59 bits per heavy atom. The van der Waals surface area contributed by atoms with Gasteiger partial charge in [0.2, 0.25) is 0 Å². The average Bonchev–Trinajstić information content (AvgIpc) is 2.55. The molecule has 1 rings (SSSR count). The fourth-order valence-corrected chi connectivity index (χ4v) is 13.3. The summed E-state index contributed by atoms with van der Waals surface area (Å²) in [4.78, 5) is 0. The Bertz CT molecular complexity index is 230. The highest BCUT2D eigenvalue weighted by Gasteiger charge is 2.14. The molecule has 5 nitrogen and oxygen atoms in total. The Morgan fingerprint density at radius 2 is 1.05 bits per heavy atom. The lowest BCUT2D eigenvalue weighted by molar-refractivity contribution is 0.330. The monoisotopic (exact) mass is 398 g/mol. The van der Waals surface area contributed by atoms with Gasteiger partial charge in [-0.3, -0.25) is 0 Å². The minimum atomic E-state index is -1.46. The molecule has 0 aromatic heterocycles. The van der Waals surface area contributed by atoms with Gasteiger partial charge in [-0.05, 0) is 6.04 Å². The van der Waals surface area contributed by atoms with Crippen molar-refractivity contribution in [3.8, 4) is 0 Å². The van der Waals surface area contributed by atoms with E-state index in [0.29, 0.717) is 0 Å². The standard InChI is InChI=1S/C12H34O5Si5/c1-2-3-4-5-6-7-8-9-10-11-12-22-16-20-14-18-13-19-15-21-17-22/h22H,2-12,18-21H2,1H3. The van der Waals surface area contributed by atoms with Crippen LogP contribution in [0.2, 0.25) is 6.04 Å². The van der Waals surface area contributed by atoms with Gasteiger partial charge in [0.1, 0.15) is 0 Å². The molecule has 0 spiro atoms. The van der Waals surface area contributed by atoms with Gasteiger partial charge in [-0.2, -0.15) is 0 Å². The lowest BCUT2D eigenvalue weighted by atomic mass is 10.1. The molecular weight excluding hydrogens is 365 g/mol. The maximum Gasteiger partial charge on any atom is 0.303 e. The van der Waals surface area contributed by atoms with Gasteiger partial charge in [0.15, 0.2) is 0 Å². The lowest BCUT2D eigenvalue weighted by Crippen LogP contribution is -2.32. The van der Waals surface area contributed by atoms with Crippen molar-refractivity contribution in [2.45, 2.75) is 77.2 Å². The Labute approximate surface area is 147 Å². The van der Waals surface area contributed by atoms with Crippen molar-refractivity contribution in [3.63, 3.8) is 0 Å². The van der Waals surface area contributed by atoms with Crippen LogP contribution < -0.4 is 0 Å². The number of hydrogen-bond acceptors (Lipinski definition) is 5. The fourth-order valence-electron chi connectivity index (χ4n) is 2.48. The van der Waals surface area contributed by atoms with E-state index in [2.05, 4.69) is 6.92 Å². The highest BCUT2D eigenvalue weighted by molar-refractivity contribution is 6.59. The van der Waals surface area contributed by atoms with E-state index < -0.39 is 49.3 Å². The van der Waals surface area contributed by atoms with Crippen molar-refractivity contribution < 1.29 is 20.6 Å². The van der Waals surface area contributed by atoms with Crippen molar-refractivity contribution in [3.05, 3.63) is 0 Å². The normalized spacial score (nSPS) is 25.2. The second-order valence-electron chi connectivity index (χ2n) is 5.82. The van der Waals surface area contributed by atoms with E-state index in [1.54, 1.807) is 0 Å².